The molecule has 1 heterocycles. The number of halogens is 1. The third kappa shape index (κ3) is 3.12. The van der Waals surface area contributed by atoms with Gasteiger partial charge in [-0.15, -0.1) is 0 Å². The number of rotatable bonds is 3. The number of ether oxygens (including phenoxy) is 2. The van der Waals surface area contributed by atoms with E-state index in [1.54, 1.807) is 13.2 Å². The lowest BCUT2D eigenvalue weighted by Gasteiger charge is -2.03. The Hall–Kier alpha value is -2.33. The van der Waals surface area contributed by atoms with E-state index in [4.69, 9.17) is 9.47 Å². The molecule has 4 heteroatoms. The molecule has 0 unspecified atom stereocenters. The quantitative estimate of drug-likeness (QED) is 0.602. The number of esters is 1. The van der Waals surface area contributed by atoms with Crippen LogP contribution >= 0.6 is 15.9 Å². The molecule has 0 fully saturated rings. The average molecular weight is 357 g/mol. The van der Waals surface area contributed by atoms with Crippen LogP contribution < -0.4 is 4.74 Å². The number of hydrogen-bond donors (Lipinski definition) is 0. The summed E-state index contributed by atoms with van der Waals surface area (Å²) in [7, 11) is 1.61. The van der Waals surface area contributed by atoms with E-state index in [1.165, 1.54) is 0 Å². The summed E-state index contributed by atoms with van der Waals surface area (Å²) in [6.07, 6.45) is 3.57. The van der Waals surface area contributed by atoms with Crippen molar-refractivity contribution in [3.63, 3.8) is 0 Å². The zero-order valence-electron chi connectivity index (χ0n) is 11.9. The van der Waals surface area contributed by atoms with Crippen molar-refractivity contribution in [3.05, 3.63) is 75.8 Å². The lowest BCUT2D eigenvalue weighted by molar-refractivity contribution is -0.130. The fourth-order valence-corrected chi connectivity index (χ4v) is 2.39. The lowest BCUT2D eigenvalue weighted by atomic mass is 10.1. The Balaban J connectivity index is 1.88. The van der Waals surface area contributed by atoms with Crippen LogP contribution in [0, 0.1) is 0 Å². The van der Waals surface area contributed by atoms with Gasteiger partial charge in [-0.1, -0.05) is 28.1 Å². The summed E-state index contributed by atoms with van der Waals surface area (Å²) in [6.45, 7) is 0. The first-order chi connectivity index (χ1) is 10.7. The van der Waals surface area contributed by atoms with Gasteiger partial charge in [0, 0.05) is 10.0 Å². The van der Waals surface area contributed by atoms with Gasteiger partial charge in [0.25, 0.3) is 0 Å². The Kier molecular flexibility index (Phi) is 4.11. The van der Waals surface area contributed by atoms with Crippen molar-refractivity contribution in [3.8, 4) is 5.75 Å². The highest BCUT2D eigenvalue weighted by atomic mass is 79.9. The van der Waals surface area contributed by atoms with Crippen LogP contribution in [0.15, 0.2) is 64.7 Å². The molecule has 0 bridgehead atoms. The van der Waals surface area contributed by atoms with Crippen LogP contribution in [0.2, 0.25) is 0 Å². The van der Waals surface area contributed by atoms with E-state index < -0.39 is 0 Å². The van der Waals surface area contributed by atoms with Gasteiger partial charge in [0.05, 0.1) is 12.7 Å². The van der Waals surface area contributed by atoms with E-state index in [2.05, 4.69) is 15.9 Å². The van der Waals surface area contributed by atoms with E-state index in [1.807, 2.05) is 54.6 Å². The van der Waals surface area contributed by atoms with Crippen molar-refractivity contribution >= 4 is 33.7 Å². The predicted octanol–water partition coefficient (Wildman–Crippen LogP) is 4.44. The summed E-state index contributed by atoms with van der Waals surface area (Å²) >= 11 is 3.39. The maximum atomic E-state index is 12.0. The number of carbonyl (C=O) groups excluding carboxylic acids is 1. The van der Waals surface area contributed by atoms with Crippen LogP contribution in [-0.2, 0) is 9.53 Å². The van der Waals surface area contributed by atoms with Gasteiger partial charge in [-0.2, -0.15) is 0 Å². The minimum atomic E-state index is -0.339. The van der Waals surface area contributed by atoms with Crippen LogP contribution in [0.1, 0.15) is 11.1 Å². The summed E-state index contributed by atoms with van der Waals surface area (Å²) < 4.78 is 11.5. The molecule has 0 saturated carbocycles. The fraction of sp³-hybridized carbons (Fsp3) is 0.0556. The molecular formula is C18H13BrO3. The number of benzene rings is 2. The smallest absolute Gasteiger partial charge is 0.343 e. The third-order valence-electron chi connectivity index (χ3n) is 3.29. The average Bonchev–Trinajstić information content (AvgIpc) is 2.91. The molecular weight excluding hydrogens is 344 g/mol. The molecule has 0 aliphatic carbocycles. The fourth-order valence-electron chi connectivity index (χ4n) is 2.13. The minimum absolute atomic E-state index is 0.339. The highest BCUT2D eigenvalue weighted by Crippen LogP contribution is 2.28. The Morgan fingerprint density at radius 1 is 1.05 bits per heavy atom. The SMILES string of the molecule is COc1ccc(C2=CC(=Cc3ccc(Br)cc3)C(=O)O2)cc1. The maximum Gasteiger partial charge on any atom is 0.343 e. The summed E-state index contributed by atoms with van der Waals surface area (Å²) in [4.78, 5) is 12.0. The number of cyclic esters (lactones) is 1. The molecule has 0 amide bonds. The first-order valence-electron chi connectivity index (χ1n) is 6.71. The van der Waals surface area contributed by atoms with E-state index >= 15 is 0 Å². The van der Waals surface area contributed by atoms with Crippen molar-refractivity contribution < 1.29 is 14.3 Å². The number of hydrogen-bond acceptors (Lipinski definition) is 3. The van der Waals surface area contributed by atoms with Gasteiger partial charge < -0.3 is 9.47 Å². The second kappa shape index (κ2) is 6.20. The van der Waals surface area contributed by atoms with Gasteiger partial charge in [0.15, 0.2) is 0 Å². The highest BCUT2D eigenvalue weighted by Gasteiger charge is 2.21. The Morgan fingerprint density at radius 3 is 2.36 bits per heavy atom. The molecule has 0 aromatic heterocycles. The molecule has 0 radical (unpaired) electrons. The van der Waals surface area contributed by atoms with Gasteiger partial charge in [-0.3, -0.25) is 0 Å². The Labute approximate surface area is 137 Å². The van der Waals surface area contributed by atoms with Crippen molar-refractivity contribution in [1.82, 2.24) is 0 Å². The molecule has 22 heavy (non-hydrogen) atoms. The standard InChI is InChI=1S/C18H13BrO3/c1-21-16-8-4-13(5-9-16)17-11-14(18(20)22-17)10-12-2-6-15(19)7-3-12/h2-11H,1H3. The second-order valence-electron chi connectivity index (χ2n) is 4.78. The summed E-state index contributed by atoms with van der Waals surface area (Å²) in [5.41, 5.74) is 2.32. The topological polar surface area (TPSA) is 35.5 Å². The normalized spacial score (nSPS) is 15.6. The molecule has 0 atom stereocenters. The number of carbonyl (C=O) groups is 1. The third-order valence-corrected chi connectivity index (χ3v) is 3.82. The maximum absolute atomic E-state index is 12.0. The van der Waals surface area contributed by atoms with Crippen molar-refractivity contribution in [2.45, 2.75) is 0 Å². The largest absolute Gasteiger partial charge is 0.497 e. The Morgan fingerprint density at radius 2 is 1.73 bits per heavy atom. The molecule has 2 aromatic carbocycles. The van der Waals surface area contributed by atoms with Gasteiger partial charge in [-0.05, 0) is 54.1 Å². The molecule has 110 valence electrons. The summed E-state index contributed by atoms with van der Waals surface area (Å²) in [5.74, 6) is 0.976. The molecule has 0 saturated heterocycles. The summed E-state index contributed by atoms with van der Waals surface area (Å²) in [5, 5.41) is 0. The summed E-state index contributed by atoms with van der Waals surface area (Å²) in [6, 6.07) is 15.1. The van der Waals surface area contributed by atoms with Gasteiger partial charge >= 0.3 is 5.97 Å². The molecule has 1 aliphatic heterocycles. The van der Waals surface area contributed by atoms with E-state index in [0.717, 1.165) is 21.3 Å². The molecule has 0 N–H and O–H groups in total. The lowest BCUT2D eigenvalue weighted by Crippen LogP contribution is -1.97. The van der Waals surface area contributed by atoms with Gasteiger partial charge in [-0.25, -0.2) is 4.79 Å². The highest BCUT2D eigenvalue weighted by molar-refractivity contribution is 9.10. The van der Waals surface area contributed by atoms with Crippen LogP contribution in [0.5, 0.6) is 5.75 Å². The molecule has 3 rings (SSSR count). The number of methoxy groups -OCH3 is 1. The van der Waals surface area contributed by atoms with E-state index in [0.29, 0.717) is 11.3 Å². The molecule has 0 spiro atoms. The predicted molar refractivity (Wildman–Crippen MR) is 89.2 cm³/mol. The van der Waals surface area contributed by atoms with Crippen molar-refractivity contribution in [2.75, 3.05) is 7.11 Å². The van der Waals surface area contributed by atoms with Gasteiger partial charge in [0.1, 0.15) is 11.5 Å². The van der Waals surface area contributed by atoms with Crippen molar-refractivity contribution in [1.29, 1.82) is 0 Å². The van der Waals surface area contributed by atoms with E-state index in [9.17, 15) is 4.79 Å². The Bertz CT molecular complexity index is 756. The van der Waals surface area contributed by atoms with E-state index in [-0.39, 0.29) is 5.97 Å². The molecule has 3 nitrogen and oxygen atoms in total. The van der Waals surface area contributed by atoms with Gasteiger partial charge in [0.2, 0.25) is 0 Å². The zero-order chi connectivity index (χ0) is 15.5. The zero-order valence-corrected chi connectivity index (χ0v) is 13.5. The monoisotopic (exact) mass is 356 g/mol. The molecule has 2 aromatic rings. The van der Waals surface area contributed by atoms with Crippen molar-refractivity contribution in [2.24, 2.45) is 0 Å². The second-order valence-corrected chi connectivity index (χ2v) is 5.69. The van der Waals surface area contributed by atoms with Crippen LogP contribution in [-0.4, -0.2) is 13.1 Å². The van der Waals surface area contributed by atoms with Crippen LogP contribution in [0.3, 0.4) is 0 Å². The minimum Gasteiger partial charge on any atom is -0.497 e. The first kappa shape index (κ1) is 14.6. The van der Waals surface area contributed by atoms with Crippen LogP contribution in [0.25, 0.3) is 11.8 Å². The van der Waals surface area contributed by atoms with Crippen LogP contribution in [0.4, 0.5) is 0 Å². The first-order valence-corrected chi connectivity index (χ1v) is 7.50. The molecule has 1 aliphatic rings.